The summed E-state index contributed by atoms with van der Waals surface area (Å²) in [6.45, 7) is 0.782. The summed E-state index contributed by atoms with van der Waals surface area (Å²) in [4.78, 5) is 17.0. The maximum atomic E-state index is 12.9. The van der Waals surface area contributed by atoms with Crippen LogP contribution in [0.1, 0.15) is 17.0 Å². The van der Waals surface area contributed by atoms with Crippen LogP contribution in [0.2, 0.25) is 0 Å². The van der Waals surface area contributed by atoms with Crippen LogP contribution in [-0.4, -0.2) is 22.1 Å². The number of imidazole rings is 1. The first-order valence-corrected chi connectivity index (χ1v) is 10.6. The summed E-state index contributed by atoms with van der Waals surface area (Å²) in [5, 5.41) is 5.17. The van der Waals surface area contributed by atoms with E-state index in [2.05, 4.69) is 27.3 Å². The Kier molecular flexibility index (Phi) is 6.63. The van der Waals surface area contributed by atoms with Gasteiger partial charge in [-0.25, -0.2) is 9.78 Å². The van der Waals surface area contributed by atoms with Gasteiger partial charge in [0.2, 0.25) is 0 Å². The lowest BCUT2D eigenvalue weighted by Crippen LogP contribution is -2.31. The van der Waals surface area contributed by atoms with Crippen molar-refractivity contribution in [3.8, 4) is 0 Å². The number of amides is 2. The van der Waals surface area contributed by atoms with Gasteiger partial charge in [0.05, 0.1) is 16.6 Å². The molecule has 1 heterocycles. The highest BCUT2D eigenvalue weighted by molar-refractivity contribution is 5.89. The third-order valence-electron chi connectivity index (χ3n) is 5.28. The zero-order valence-electron chi connectivity index (χ0n) is 17.8. The van der Waals surface area contributed by atoms with Gasteiger partial charge in [-0.15, -0.1) is 0 Å². The Morgan fingerprint density at radius 3 is 2.45 bits per heavy atom. The van der Waals surface area contributed by atoms with Crippen molar-refractivity contribution in [1.29, 1.82) is 0 Å². The Morgan fingerprint density at radius 2 is 1.67 bits per heavy atom. The number of carbonyl (C=O) groups excluding carboxylic acids is 1. The molecule has 0 bridgehead atoms. The molecule has 0 saturated heterocycles. The average molecular weight is 452 g/mol. The molecule has 0 aliphatic rings. The second-order valence-corrected chi connectivity index (χ2v) is 7.61. The SMILES string of the molecule is O=C(NCCn1c(CCc2ccccc2)nc2ccccc21)Nc1cccc(C(F)(F)F)c1. The number of para-hydroxylation sites is 2. The van der Waals surface area contributed by atoms with E-state index >= 15 is 0 Å². The highest BCUT2D eigenvalue weighted by atomic mass is 19.4. The number of halogens is 3. The van der Waals surface area contributed by atoms with E-state index in [4.69, 9.17) is 4.98 Å². The number of aryl methyl sites for hydroxylation is 2. The van der Waals surface area contributed by atoms with Crippen LogP contribution in [-0.2, 0) is 25.6 Å². The van der Waals surface area contributed by atoms with Crippen LogP contribution in [0.3, 0.4) is 0 Å². The molecule has 3 aromatic carbocycles. The summed E-state index contributed by atoms with van der Waals surface area (Å²) in [7, 11) is 0. The Labute approximate surface area is 189 Å². The quantitative estimate of drug-likeness (QED) is 0.380. The number of anilines is 1. The molecule has 4 aromatic rings. The smallest absolute Gasteiger partial charge is 0.336 e. The minimum absolute atomic E-state index is 0.0824. The van der Waals surface area contributed by atoms with E-state index in [0.29, 0.717) is 13.1 Å². The lowest BCUT2D eigenvalue weighted by molar-refractivity contribution is -0.137. The van der Waals surface area contributed by atoms with E-state index in [-0.39, 0.29) is 5.69 Å². The van der Waals surface area contributed by atoms with Gasteiger partial charge in [0, 0.05) is 25.2 Å². The van der Waals surface area contributed by atoms with E-state index < -0.39 is 17.8 Å². The molecule has 2 amide bonds. The summed E-state index contributed by atoms with van der Waals surface area (Å²) >= 11 is 0. The molecule has 0 spiro atoms. The summed E-state index contributed by atoms with van der Waals surface area (Å²) in [6, 6.07) is 21.9. The van der Waals surface area contributed by atoms with E-state index in [0.717, 1.165) is 41.8 Å². The van der Waals surface area contributed by atoms with Crippen LogP contribution in [0.4, 0.5) is 23.7 Å². The van der Waals surface area contributed by atoms with Crippen molar-refractivity contribution in [1.82, 2.24) is 14.9 Å². The summed E-state index contributed by atoms with van der Waals surface area (Å²) < 4.78 is 40.7. The zero-order valence-corrected chi connectivity index (χ0v) is 17.8. The average Bonchev–Trinajstić information content (AvgIpc) is 3.15. The number of fused-ring (bicyclic) bond motifs is 1. The van der Waals surface area contributed by atoms with Crippen LogP contribution in [0.5, 0.6) is 0 Å². The van der Waals surface area contributed by atoms with Gasteiger partial charge in [0.1, 0.15) is 5.82 Å². The molecule has 0 atom stereocenters. The number of aromatic nitrogens is 2. The van der Waals surface area contributed by atoms with E-state index in [9.17, 15) is 18.0 Å². The van der Waals surface area contributed by atoms with Gasteiger partial charge in [-0.3, -0.25) is 0 Å². The summed E-state index contributed by atoms with van der Waals surface area (Å²) in [6.07, 6.45) is -2.88. The van der Waals surface area contributed by atoms with Gasteiger partial charge >= 0.3 is 12.2 Å². The maximum absolute atomic E-state index is 12.9. The fourth-order valence-electron chi connectivity index (χ4n) is 3.70. The van der Waals surface area contributed by atoms with Crippen LogP contribution in [0.25, 0.3) is 11.0 Å². The molecule has 0 radical (unpaired) electrons. The number of alkyl halides is 3. The monoisotopic (exact) mass is 452 g/mol. The van der Waals surface area contributed by atoms with Gasteiger partial charge in [0.15, 0.2) is 0 Å². The van der Waals surface area contributed by atoms with E-state index in [1.54, 1.807) is 0 Å². The summed E-state index contributed by atoms with van der Waals surface area (Å²) in [5.41, 5.74) is 2.34. The van der Waals surface area contributed by atoms with Crippen LogP contribution >= 0.6 is 0 Å². The topological polar surface area (TPSA) is 59.0 Å². The third-order valence-corrected chi connectivity index (χ3v) is 5.28. The van der Waals surface area contributed by atoms with Gasteiger partial charge in [-0.1, -0.05) is 48.5 Å². The minimum Gasteiger partial charge on any atom is -0.336 e. The van der Waals surface area contributed by atoms with Gasteiger partial charge < -0.3 is 15.2 Å². The molecule has 0 aliphatic heterocycles. The van der Waals surface area contributed by atoms with Gasteiger partial charge in [-0.2, -0.15) is 13.2 Å². The lowest BCUT2D eigenvalue weighted by atomic mass is 10.1. The molecular formula is C25H23F3N4O. The van der Waals surface area contributed by atoms with Crippen molar-refractivity contribution < 1.29 is 18.0 Å². The number of nitrogens with zero attached hydrogens (tertiary/aromatic N) is 2. The van der Waals surface area contributed by atoms with Crippen molar-refractivity contribution >= 4 is 22.8 Å². The van der Waals surface area contributed by atoms with Crippen molar-refractivity contribution in [3.63, 3.8) is 0 Å². The van der Waals surface area contributed by atoms with Crippen LogP contribution in [0.15, 0.2) is 78.9 Å². The standard InChI is InChI=1S/C25H23F3N4O/c26-25(27,28)19-9-6-10-20(17-19)30-24(33)29-15-16-32-22-12-5-4-11-21(22)31-23(32)14-13-18-7-2-1-3-8-18/h1-12,17H,13-16H2,(H2,29,30,33). The molecule has 170 valence electrons. The number of hydrogen-bond donors (Lipinski definition) is 2. The first-order chi connectivity index (χ1) is 15.9. The number of urea groups is 1. The van der Waals surface area contributed by atoms with Crippen LogP contribution < -0.4 is 10.6 Å². The Balaban J connectivity index is 1.40. The first kappa shape index (κ1) is 22.4. The van der Waals surface area contributed by atoms with Gasteiger partial charge in [-0.05, 0) is 42.3 Å². The number of carbonyl (C=O) groups is 1. The molecule has 2 N–H and O–H groups in total. The second kappa shape index (κ2) is 9.77. The molecule has 1 aromatic heterocycles. The van der Waals surface area contributed by atoms with Crippen molar-refractivity contribution in [2.24, 2.45) is 0 Å². The number of nitrogens with one attached hydrogen (secondary N) is 2. The fourth-order valence-corrected chi connectivity index (χ4v) is 3.70. The molecule has 33 heavy (non-hydrogen) atoms. The molecule has 5 nitrogen and oxygen atoms in total. The molecule has 0 unspecified atom stereocenters. The highest BCUT2D eigenvalue weighted by Gasteiger charge is 2.30. The first-order valence-electron chi connectivity index (χ1n) is 10.6. The van der Waals surface area contributed by atoms with Crippen molar-refractivity contribution in [3.05, 3.63) is 95.8 Å². The Bertz CT molecular complexity index is 1240. The molecule has 0 aliphatic carbocycles. The number of benzene rings is 3. The number of hydrogen-bond acceptors (Lipinski definition) is 2. The number of rotatable bonds is 7. The predicted molar refractivity (Wildman–Crippen MR) is 122 cm³/mol. The highest BCUT2D eigenvalue weighted by Crippen LogP contribution is 2.30. The van der Waals surface area contributed by atoms with Crippen LogP contribution in [0, 0.1) is 0 Å². The molecule has 8 heteroatoms. The molecular weight excluding hydrogens is 429 g/mol. The van der Waals surface area contributed by atoms with E-state index in [1.807, 2.05) is 42.5 Å². The Morgan fingerprint density at radius 1 is 0.909 bits per heavy atom. The van der Waals surface area contributed by atoms with Crippen molar-refractivity contribution in [2.75, 3.05) is 11.9 Å². The summed E-state index contributed by atoms with van der Waals surface area (Å²) in [5.74, 6) is 0.917. The second-order valence-electron chi connectivity index (χ2n) is 7.61. The van der Waals surface area contributed by atoms with Gasteiger partial charge in [0.25, 0.3) is 0 Å². The van der Waals surface area contributed by atoms with E-state index in [1.165, 1.54) is 17.7 Å². The van der Waals surface area contributed by atoms with Crippen molar-refractivity contribution in [2.45, 2.75) is 25.6 Å². The fraction of sp³-hybridized carbons (Fsp3) is 0.200. The predicted octanol–water partition coefficient (Wildman–Crippen LogP) is 5.66. The molecule has 0 fully saturated rings. The largest absolute Gasteiger partial charge is 0.416 e. The lowest BCUT2D eigenvalue weighted by Gasteiger charge is -2.12. The molecule has 4 rings (SSSR count). The Hall–Kier alpha value is -3.81. The molecule has 0 saturated carbocycles. The maximum Gasteiger partial charge on any atom is 0.416 e. The zero-order chi connectivity index (χ0) is 23.3. The normalized spacial score (nSPS) is 11.5. The minimum atomic E-state index is -4.47. The third kappa shape index (κ3) is 5.71.